The smallest absolute Gasteiger partial charge is 0.282 e. The Bertz CT molecular complexity index is 1120. The van der Waals surface area contributed by atoms with Gasteiger partial charge in [-0.3, -0.25) is 14.5 Å². The second kappa shape index (κ2) is 8.80. The summed E-state index contributed by atoms with van der Waals surface area (Å²) < 4.78 is 13.6. The van der Waals surface area contributed by atoms with Crippen LogP contribution in [0.25, 0.3) is 11.1 Å². The molecule has 2 aliphatic rings. The third-order valence-corrected chi connectivity index (χ3v) is 6.91. The first-order valence-corrected chi connectivity index (χ1v) is 11.5. The van der Waals surface area contributed by atoms with E-state index in [1.165, 1.54) is 23.5 Å². The maximum atomic E-state index is 13.6. The van der Waals surface area contributed by atoms with Crippen molar-refractivity contribution in [3.05, 3.63) is 76.5 Å². The Morgan fingerprint density at radius 3 is 2.31 bits per heavy atom. The van der Waals surface area contributed by atoms with Crippen molar-refractivity contribution in [2.24, 2.45) is 0 Å². The van der Waals surface area contributed by atoms with Crippen molar-refractivity contribution in [3.8, 4) is 11.1 Å². The van der Waals surface area contributed by atoms with E-state index in [0.717, 1.165) is 24.2 Å². The van der Waals surface area contributed by atoms with Gasteiger partial charge in [0.15, 0.2) is 5.01 Å². The number of carbonyl (C=O) groups excluding carboxylic acids is 2. The molecule has 0 atom stereocenters. The molecule has 32 heavy (non-hydrogen) atoms. The van der Waals surface area contributed by atoms with Crippen LogP contribution in [-0.4, -0.2) is 76.8 Å². The normalized spacial score (nSPS) is 17.3. The van der Waals surface area contributed by atoms with Gasteiger partial charge in [0.2, 0.25) is 0 Å². The molecule has 2 aliphatic heterocycles. The average molecular weight is 451 g/mol. The van der Waals surface area contributed by atoms with Gasteiger partial charge in [0, 0.05) is 62.5 Å². The van der Waals surface area contributed by atoms with E-state index in [9.17, 15) is 14.0 Å². The van der Waals surface area contributed by atoms with Crippen LogP contribution in [0.15, 0.2) is 60.1 Å². The summed E-state index contributed by atoms with van der Waals surface area (Å²) in [5.74, 6) is -0.293. The van der Waals surface area contributed by atoms with Crippen molar-refractivity contribution in [1.29, 1.82) is 0 Å². The van der Waals surface area contributed by atoms with Crippen LogP contribution in [0.5, 0.6) is 0 Å². The number of aromatic nitrogens is 1. The summed E-state index contributed by atoms with van der Waals surface area (Å²) in [6.07, 6.45) is 1.65. The average Bonchev–Trinajstić information content (AvgIpc) is 3.33. The molecule has 5 rings (SSSR count). The van der Waals surface area contributed by atoms with Gasteiger partial charge in [0.05, 0.1) is 0 Å². The number of thiazole rings is 1. The van der Waals surface area contributed by atoms with Crippen molar-refractivity contribution in [2.75, 3.05) is 39.3 Å². The van der Waals surface area contributed by atoms with Crippen LogP contribution in [0.2, 0.25) is 0 Å². The lowest BCUT2D eigenvalue weighted by atomic mass is 10.00. The lowest BCUT2D eigenvalue weighted by Crippen LogP contribution is -2.64. The van der Waals surface area contributed by atoms with Crippen molar-refractivity contribution >= 4 is 23.2 Å². The largest absolute Gasteiger partial charge is 0.335 e. The minimum Gasteiger partial charge on any atom is -0.335 e. The van der Waals surface area contributed by atoms with Gasteiger partial charge >= 0.3 is 0 Å². The summed E-state index contributed by atoms with van der Waals surface area (Å²) in [4.78, 5) is 35.6. The summed E-state index contributed by atoms with van der Waals surface area (Å²) in [6.45, 7) is 4.34. The topological polar surface area (TPSA) is 56.8 Å². The lowest BCUT2D eigenvalue weighted by molar-refractivity contribution is 0.00853. The molecule has 0 spiro atoms. The Hall–Kier alpha value is -3.10. The van der Waals surface area contributed by atoms with E-state index in [1.807, 2.05) is 39.4 Å². The Labute approximate surface area is 189 Å². The molecule has 3 aromatic rings. The van der Waals surface area contributed by atoms with E-state index >= 15 is 0 Å². The molecule has 8 heteroatoms. The summed E-state index contributed by atoms with van der Waals surface area (Å²) in [6, 6.07) is 14.1. The molecule has 1 aromatic heterocycles. The maximum absolute atomic E-state index is 13.6. The number of nitrogens with zero attached hydrogens (tertiary/aromatic N) is 4. The summed E-state index contributed by atoms with van der Waals surface area (Å²) in [7, 11) is 0. The molecule has 0 aliphatic carbocycles. The van der Waals surface area contributed by atoms with Crippen molar-refractivity contribution in [3.63, 3.8) is 0 Å². The molecule has 2 fully saturated rings. The highest BCUT2D eigenvalue weighted by Gasteiger charge is 2.37. The number of likely N-dealkylation sites (tertiary alicyclic amines) is 1. The third kappa shape index (κ3) is 4.16. The highest BCUT2D eigenvalue weighted by Crippen LogP contribution is 2.24. The molecule has 0 unspecified atom stereocenters. The molecule has 2 saturated heterocycles. The number of carbonyl (C=O) groups is 2. The van der Waals surface area contributed by atoms with E-state index in [2.05, 4.69) is 9.88 Å². The minimum absolute atomic E-state index is 0.00270. The van der Waals surface area contributed by atoms with Gasteiger partial charge in [-0.05, 0) is 35.4 Å². The van der Waals surface area contributed by atoms with Crippen molar-refractivity contribution in [1.82, 2.24) is 19.7 Å². The molecule has 0 bridgehead atoms. The molecule has 0 radical (unpaired) electrons. The number of benzene rings is 2. The second-order valence-electron chi connectivity index (χ2n) is 8.12. The number of halogens is 1. The van der Waals surface area contributed by atoms with Crippen LogP contribution in [0.4, 0.5) is 4.39 Å². The molecule has 3 heterocycles. The molecule has 164 valence electrons. The lowest BCUT2D eigenvalue weighted by Gasteiger charge is -2.48. The molecule has 0 saturated carbocycles. The number of rotatable bonds is 4. The molecule has 6 nitrogen and oxygen atoms in total. The monoisotopic (exact) mass is 450 g/mol. The summed E-state index contributed by atoms with van der Waals surface area (Å²) >= 11 is 1.37. The van der Waals surface area contributed by atoms with Gasteiger partial charge in [-0.2, -0.15) is 0 Å². The predicted molar refractivity (Wildman–Crippen MR) is 121 cm³/mol. The van der Waals surface area contributed by atoms with E-state index in [4.69, 9.17) is 0 Å². The predicted octanol–water partition coefficient (Wildman–Crippen LogP) is 3.23. The Morgan fingerprint density at radius 2 is 1.62 bits per heavy atom. The van der Waals surface area contributed by atoms with Crippen LogP contribution in [0.1, 0.15) is 20.2 Å². The van der Waals surface area contributed by atoms with Crippen LogP contribution in [0, 0.1) is 5.82 Å². The van der Waals surface area contributed by atoms with Crippen LogP contribution in [-0.2, 0) is 0 Å². The van der Waals surface area contributed by atoms with Gasteiger partial charge in [-0.25, -0.2) is 9.37 Å². The summed E-state index contributed by atoms with van der Waals surface area (Å²) in [5.41, 5.74) is 2.20. The number of hydrogen-bond acceptors (Lipinski definition) is 5. The number of amides is 2. The number of hydrogen-bond donors (Lipinski definition) is 0. The van der Waals surface area contributed by atoms with Crippen LogP contribution in [0.3, 0.4) is 0 Å². The fourth-order valence-corrected chi connectivity index (χ4v) is 4.89. The van der Waals surface area contributed by atoms with Gasteiger partial charge in [-0.15, -0.1) is 11.3 Å². The van der Waals surface area contributed by atoms with Crippen LogP contribution < -0.4 is 0 Å². The van der Waals surface area contributed by atoms with Gasteiger partial charge in [0.1, 0.15) is 5.82 Å². The fourth-order valence-electron chi connectivity index (χ4n) is 4.29. The first-order valence-electron chi connectivity index (χ1n) is 10.7. The SMILES string of the molecule is O=C(c1cccc(-c2cccc(F)c2)c1)N1CC(N2CCN(C(=O)c3nccs3)CC2)C1. The second-order valence-corrected chi connectivity index (χ2v) is 9.02. The van der Waals surface area contributed by atoms with Gasteiger partial charge in [-0.1, -0.05) is 24.3 Å². The third-order valence-electron chi connectivity index (χ3n) is 6.15. The standard InChI is InChI=1S/C24H23FN4O2S/c25-20-6-2-4-18(14-20)17-3-1-5-19(13-17)23(30)29-15-21(16-29)27-8-10-28(11-9-27)24(31)22-26-7-12-32-22/h1-7,12-14,21H,8-11,15-16H2. The Balaban J connectivity index is 1.16. The molecular weight excluding hydrogens is 427 g/mol. The first kappa shape index (κ1) is 20.8. The van der Waals surface area contributed by atoms with Gasteiger partial charge in [0.25, 0.3) is 11.8 Å². The number of piperazine rings is 1. The van der Waals surface area contributed by atoms with E-state index in [0.29, 0.717) is 42.8 Å². The van der Waals surface area contributed by atoms with Crippen molar-refractivity contribution < 1.29 is 14.0 Å². The van der Waals surface area contributed by atoms with E-state index < -0.39 is 0 Å². The maximum Gasteiger partial charge on any atom is 0.282 e. The van der Waals surface area contributed by atoms with Crippen molar-refractivity contribution in [2.45, 2.75) is 6.04 Å². The zero-order chi connectivity index (χ0) is 22.1. The zero-order valence-corrected chi connectivity index (χ0v) is 18.3. The van der Waals surface area contributed by atoms with E-state index in [1.54, 1.807) is 18.3 Å². The molecule has 0 N–H and O–H groups in total. The fraction of sp³-hybridized carbons (Fsp3) is 0.292. The quantitative estimate of drug-likeness (QED) is 0.613. The Morgan fingerprint density at radius 1 is 0.906 bits per heavy atom. The minimum atomic E-state index is -0.293. The highest BCUT2D eigenvalue weighted by molar-refractivity contribution is 7.11. The van der Waals surface area contributed by atoms with E-state index in [-0.39, 0.29) is 17.6 Å². The zero-order valence-electron chi connectivity index (χ0n) is 17.5. The molecular formula is C24H23FN4O2S. The van der Waals surface area contributed by atoms with Crippen LogP contribution >= 0.6 is 11.3 Å². The Kier molecular flexibility index (Phi) is 5.71. The molecule has 2 amide bonds. The van der Waals surface area contributed by atoms with Gasteiger partial charge < -0.3 is 9.80 Å². The molecule has 2 aromatic carbocycles. The first-order chi connectivity index (χ1) is 15.6. The summed E-state index contributed by atoms with van der Waals surface area (Å²) in [5, 5.41) is 2.36. The highest BCUT2D eigenvalue weighted by atomic mass is 32.1.